The number of rotatable bonds is 6. The van der Waals surface area contributed by atoms with Gasteiger partial charge in [-0.05, 0) is 89.4 Å². The first kappa shape index (κ1) is 23.0. The summed E-state index contributed by atoms with van der Waals surface area (Å²) in [5, 5.41) is 0. The maximum Gasteiger partial charge on any atom is 0.338 e. The highest BCUT2D eigenvalue weighted by Gasteiger charge is 2.44. The Kier molecular flexibility index (Phi) is 7.11. The zero-order chi connectivity index (χ0) is 21.2. The minimum absolute atomic E-state index is 0.214. The van der Waals surface area contributed by atoms with Gasteiger partial charge in [-0.3, -0.25) is 0 Å². The van der Waals surface area contributed by atoms with Gasteiger partial charge < -0.3 is 13.9 Å². The normalized spacial score (nSPS) is 18.6. The van der Waals surface area contributed by atoms with Crippen molar-refractivity contribution in [3.05, 3.63) is 35.1 Å². The molecule has 4 nitrogen and oxygen atoms in total. The Morgan fingerprint density at radius 3 is 2.29 bits per heavy atom. The van der Waals surface area contributed by atoms with Crippen molar-refractivity contribution in [1.29, 1.82) is 0 Å². The molecule has 1 saturated heterocycles. The molecule has 28 heavy (non-hydrogen) atoms. The molecule has 1 unspecified atom stereocenters. The largest absolute Gasteiger partial charge is 0.456 e. The fourth-order valence-corrected chi connectivity index (χ4v) is 5.46. The summed E-state index contributed by atoms with van der Waals surface area (Å²) in [5.41, 5.74) is -0.312. The van der Waals surface area contributed by atoms with Crippen LogP contribution in [0, 0.1) is 11.7 Å². The van der Waals surface area contributed by atoms with Gasteiger partial charge in [-0.25, -0.2) is 9.18 Å². The lowest BCUT2D eigenvalue weighted by Gasteiger charge is -2.46. The van der Waals surface area contributed by atoms with Gasteiger partial charge in [0.25, 0.3) is 0 Å². The van der Waals surface area contributed by atoms with Crippen LogP contribution in [-0.4, -0.2) is 33.1 Å². The van der Waals surface area contributed by atoms with Crippen LogP contribution in [0.5, 0.6) is 0 Å². The van der Waals surface area contributed by atoms with Crippen LogP contribution in [0.2, 0.25) is 19.6 Å². The average Bonchev–Trinajstić information content (AvgIpc) is 2.57. The van der Waals surface area contributed by atoms with Crippen LogP contribution in [0.1, 0.15) is 62.9 Å². The lowest BCUT2D eigenvalue weighted by atomic mass is 9.75. The van der Waals surface area contributed by atoms with E-state index in [0.717, 1.165) is 18.4 Å². The van der Waals surface area contributed by atoms with Crippen molar-refractivity contribution < 1.29 is 23.1 Å². The zero-order valence-corrected chi connectivity index (χ0v) is 19.4. The topological polar surface area (TPSA) is 44.8 Å². The Morgan fingerprint density at radius 1 is 1.18 bits per heavy atom. The molecule has 0 aromatic heterocycles. The Bertz CT molecular complexity index is 687. The van der Waals surface area contributed by atoms with Crippen LogP contribution in [0.4, 0.5) is 4.39 Å². The van der Waals surface area contributed by atoms with E-state index in [1.165, 1.54) is 12.1 Å². The number of carbonyl (C=O) groups excluding carboxylic acids is 1. The molecule has 1 heterocycles. The first-order chi connectivity index (χ1) is 12.9. The van der Waals surface area contributed by atoms with Gasteiger partial charge in [-0.2, -0.15) is 0 Å². The van der Waals surface area contributed by atoms with Crippen molar-refractivity contribution in [2.24, 2.45) is 5.92 Å². The SMILES string of the molecule is CCC(O[Si](C)(C)C)(c1cc(F)cc(C(=O)OC(C)(C)C)c1)C1CCOCC1. The van der Waals surface area contributed by atoms with Crippen LogP contribution in [0.15, 0.2) is 18.2 Å². The van der Waals surface area contributed by atoms with Crippen molar-refractivity contribution in [1.82, 2.24) is 0 Å². The number of hydrogen-bond donors (Lipinski definition) is 0. The van der Waals surface area contributed by atoms with Crippen molar-refractivity contribution >= 4 is 14.3 Å². The van der Waals surface area contributed by atoms with Gasteiger partial charge in [0.05, 0.1) is 11.2 Å². The lowest BCUT2D eigenvalue weighted by Crippen LogP contribution is -2.47. The molecule has 158 valence electrons. The van der Waals surface area contributed by atoms with Crippen LogP contribution in [0.25, 0.3) is 0 Å². The monoisotopic (exact) mass is 410 g/mol. The summed E-state index contributed by atoms with van der Waals surface area (Å²) in [6.07, 6.45) is 2.42. The molecule has 6 heteroatoms. The average molecular weight is 411 g/mol. The summed E-state index contributed by atoms with van der Waals surface area (Å²) in [6, 6.07) is 4.53. The van der Waals surface area contributed by atoms with Gasteiger partial charge >= 0.3 is 5.97 Å². The second kappa shape index (κ2) is 8.64. The number of ether oxygens (including phenoxy) is 2. The number of halogens is 1. The van der Waals surface area contributed by atoms with E-state index in [2.05, 4.69) is 26.6 Å². The predicted molar refractivity (Wildman–Crippen MR) is 112 cm³/mol. The smallest absolute Gasteiger partial charge is 0.338 e. The minimum atomic E-state index is -1.96. The molecule has 1 atom stereocenters. The molecule has 1 aromatic rings. The third kappa shape index (κ3) is 5.88. The van der Waals surface area contributed by atoms with E-state index in [-0.39, 0.29) is 11.5 Å². The third-order valence-corrected chi connectivity index (χ3v) is 5.89. The number of benzene rings is 1. The second-order valence-corrected chi connectivity index (χ2v) is 14.0. The first-order valence-corrected chi connectivity index (χ1v) is 13.6. The van der Waals surface area contributed by atoms with Crippen molar-refractivity contribution in [3.63, 3.8) is 0 Å². The summed E-state index contributed by atoms with van der Waals surface area (Å²) in [6.45, 7) is 15.3. The third-order valence-electron chi connectivity index (χ3n) is 4.92. The molecule has 0 aliphatic carbocycles. The van der Waals surface area contributed by atoms with Crippen LogP contribution < -0.4 is 0 Å². The standard InChI is InChI=1S/C22H35FO4Si/c1-8-22(27-28(5,6)7,17-9-11-25-12-10-17)18-13-16(14-19(23)15-18)20(24)26-21(2,3)4/h13-15,17H,8-12H2,1-7H3. The molecular weight excluding hydrogens is 375 g/mol. The van der Waals surface area contributed by atoms with Gasteiger partial charge in [0.2, 0.25) is 0 Å². The van der Waals surface area contributed by atoms with Crippen molar-refractivity contribution in [2.75, 3.05) is 13.2 Å². The highest BCUT2D eigenvalue weighted by molar-refractivity contribution is 6.69. The number of hydrogen-bond acceptors (Lipinski definition) is 4. The quantitative estimate of drug-likeness (QED) is 0.448. The fraction of sp³-hybridized carbons (Fsp3) is 0.682. The molecular formula is C22H35FO4Si. The molecule has 0 N–H and O–H groups in total. The maximum absolute atomic E-state index is 14.6. The molecule has 1 aliphatic heterocycles. The van der Waals surface area contributed by atoms with E-state index in [1.54, 1.807) is 26.8 Å². The highest BCUT2D eigenvalue weighted by Crippen LogP contribution is 2.44. The van der Waals surface area contributed by atoms with Crippen LogP contribution in [0.3, 0.4) is 0 Å². The molecule has 1 aliphatic rings. The number of esters is 1. The highest BCUT2D eigenvalue weighted by atomic mass is 28.4. The molecule has 0 saturated carbocycles. The first-order valence-electron chi connectivity index (χ1n) is 10.2. The minimum Gasteiger partial charge on any atom is -0.456 e. The molecule has 0 amide bonds. The van der Waals surface area contributed by atoms with E-state index >= 15 is 0 Å². The zero-order valence-electron chi connectivity index (χ0n) is 18.4. The Labute approximate surface area is 169 Å². The predicted octanol–water partition coefficient (Wildman–Crippen LogP) is 5.66. The summed E-state index contributed by atoms with van der Waals surface area (Å²) in [5.74, 6) is -0.744. The molecule has 0 bridgehead atoms. The fourth-order valence-electron chi connectivity index (χ4n) is 3.94. The molecule has 1 aromatic carbocycles. The number of carbonyl (C=O) groups is 1. The summed E-state index contributed by atoms with van der Waals surface area (Å²) in [4.78, 5) is 12.6. The van der Waals surface area contributed by atoms with E-state index in [9.17, 15) is 9.18 Å². The Morgan fingerprint density at radius 2 is 1.79 bits per heavy atom. The summed E-state index contributed by atoms with van der Waals surface area (Å²) >= 11 is 0. The van der Waals surface area contributed by atoms with Crippen molar-refractivity contribution in [2.45, 2.75) is 77.8 Å². The molecule has 0 radical (unpaired) electrons. The lowest BCUT2D eigenvalue weighted by molar-refractivity contribution is -0.0601. The summed E-state index contributed by atoms with van der Waals surface area (Å²) < 4.78 is 32.4. The van der Waals surface area contributed by atoms with Gasteiger partial charge in [-0.1, -0.05) is 6.92 Å². The molecule has 1 fully saturated rings. The van der Waals surface area contributed by atoms with Gasteiger partial charge in [0.15, 0.2) is 8.32 Å². The molecule has 2 rings (SSSR count). The van der Waals surface area contributed by atoms with Crippen LogP contribution >= 0.6 is 0 Å². The maximum atomic E-state index is 14.6. The molecule has 0 spiro atoms. The van der Waals surface area contributed by atoms with Gasteiger partial charge in [0.1, 0.15) is 11.4 Å². The Hall–Kier alpha value is -1.24. The Balaban J connectivity index is 2.54. The summed E-state index contributed by atoms with van der Waals surface area (Å²) in [7, 11) is -1.96. The van der Waals surface area contributed by atoms with E-state index in [1.807, 2.05) is 0 Å². The van der Waals surface area contributed by atoms with E-state index < -0.39 is 31.3 Å². The van der Waals surface area contributed by atoms with Gasteiger partial charge in [-0.15, -0.1) is 0 Å². The van der Waals surface area contributed by atoms with Crippen LogP contribution in [-0.2, 0) is 19.5 Å². The second-order valence-electron chi connectivity index (χ2n) is 9.57. The van der Waals surface area contributed by atoms with E-state index in [0.29, 0.717) is 19.6 Å². The van der Waals surface area contributed by atoms with Crippen molar-refractivity contribution in [3.8, 4) is 0 Å². The van der Waals surface area contributed by atoms with Gasteiger partial charge in [0, 0.05) is 13.2 Å². The van der Waals surface area contributed by atoms with E-state index in [4.69, 9.17) is 13.9 Å².